The van der Waals surface area contributed by atoms with Crippen LogP contribution in [0.1, 0.15) is 24.7 Å². The molecule has 5 rings (SSSR count). The van der Waals surface area contributed by atoms with Gasteiger partial charge in [0.25, 0.3) is 0 Å². The smallest absolute Gasteiger partial charge is 0.153 e. The van der Waals surface area contributed by atoms with E-state index in [4.69, 9.17) is 14.6 Å². The van der Waals surface area contributed by atoms with Crippen molar-refractivity contribution < 1.29 is 9.47 Å². The summed E-state index contributed by atoms with van der Waals surface area (Å²) in [4.78, 5) is 8.88. The van der Waals surface area contributed by atoms with Gasteiger partial charge in [0.15, 0.2) is 5.65 Å². The van der Waals surface area contributed by atoms with Crippen molar-refractivity contribution in [3.63, 3.8) is 0 Å². The van der Waals surface area contributed by atoms with Crippen molar-refractivity contribution in [3.05, 3.63) is 78.4 Å². The van der Waals surface area contributed by atoms with Crippen LogP contribution in [-0.4, -0.2) is 26.7 Å². The molecule has 4 aromatic rings. The van der Waals surface area contributed by atoms with Crippen LogP contribution in [0.15, 0.2) is 67.0 Å². The monoisotopic (exact) mass is 398 g/mol. The SMILES string of the molecule is COc1ccc2c(OCc3cnc4ccc(C5=CC(C)CC=C5)nn34)ccnc2c1. The molecule has 1 atom stereocenters. The fraction of sp³-hybridized carbons (Fsp3) is 0.208. The Bertz CT molecular complexity index is 1290. The third kappa shape index (κ3) is 3.41. The first-order valence-corrected chi connectivity index (χ1v) is 9.99. The average Bonchev–Trinajstić information content (AvgIpc) is 3.19. The van der Waals surface area contributed by atoms with Gasteiger partial charge < -0.3 is 9.47 Å². The standard InChI is InChI=1S/C24H22N4O2/c1-16-4-3-5-17(12-16)21-8-9-24-26-14-18(28(24)27-21)15-30-23-10-11-25-22-13-19(29-2)6-7-20(22)23/h3,5-14,16H,4,15H2,1-2H3. The minimum absolute atomic E-state index is 0.355. The Balaban J connectivity index is 1.44. The molecule has 0 spiro atoms. The first-order chi connectivity index (χ1) is 14.7. The highest BCUT2D eigenvalue weighted by atomic mass is 16.5. The zero-order chi connectivity index (χ0) is 20.5. The molecule has 30 heavy (non-hydrogen) atoms. The van der Waals surface area contributed by atoms with Crippen LogP contribution in [0, 0.1) is 5.92 Å². The van der Waals surface area contributed by atoms with E-state index in [-0.39, 0.29) is 0 Å². The summed E-state index contributed by atoms with van der Waals surface area (Å²) in [5.74, 6) is 2.05. The third-order valence-corrected chi connectivity index (χ3v) is 5.28. The summed E-state index contributed by atoms with van der Waals surface area (Å²) in [6, 6.07) is 11.7. The molecule has 0 saturated heterocycles. The number of aromatic nitrogens is 4. The number of hydrogen-bond donors (Lipinski definition) is 0. The second kappa shape index (κ2) is 7.63. The second-order valence-electron chi connectivity index (χ2n) is 7.46. The molecule has 0 saturated carbocycles. The maximum absolute atomic E-state index is 6.14. The summed E-state index contributed by atoms with van der Waals surface area (Å²) < 4.78 is 13.3. The number of nitrogens with zero attached hydrogens (tertiary/aromatic N) is 4. The van der Waals surface area contributed by atoms with E-state index in [1.54, 1.807) is 13.3 Å². The lowest BCUT2D eigenvalue weighted by molar-refractivity contribution is 0.302. The predicted molar refractivity (Wildman–Crippen MR) is 117 cm³/mol. The van der Waals surface area contributed by atoms with Crippen LogP contribution in [-0.2, 0) is 6.61 Å². The van der Waals surface area contributed by atoms with Gasteiger partial charge >= 0.3 is 0 Å². The molecule has 1 aliphatic carbocycles. The summed E-state index contributed by atoms with van der Waals surface area (Å²) in [6.45, 7) is 2.57. The van der Waals surface area contributed by atoms with E-state index >= 15 is 0 Å². The number of allylic oxidation sites excluding steroid dienone is 4. The van der Waals surface area contributed by atoms with Crippen molar-refractivity contribution >= 4 is 22.1 Å². The Morgan fingerprint density at radius 2 is 2.07 bits per heavy atom. The lowest BCUT2D eigenvalue weighted by Gasteiger charge is -2.12. The van der Waals surface area contributed by atoms with Gasteiger partial charge in [-0.2, -0.15) is 5.10 Å². The fourth-order valence-electron chi connectivity index (χ4n) is 3.69. The van der Waals surface area contributed by atoms with E-state index in [1.807, 2.05) is 47.1 Å². The van der Waals surface area contributed by atoms with E-state index < -0.39 is 0 Å². The van der Waals surface area contributed by atoms with Crippen molar-refractivity contribution in [2.75, 3.05) is 7.11 Å². The summed E-state index contributed by atoms with van der Waals surface area (Å²) in [5.41, 5.74) is 4.60. The number of methoxy groups -OCH3 is 1. The Kier molecular flexibility index (Phi) is 4.67. The predicted octanol–water partition coefficient (Wildman–Crippen LogP) is 4.84. The Hall–Kier alpha value is -3.67. The molecule has 0 radical (unpaired) electrons. The van der Waals surface area contributed by atoms with E-state index in [9.17, 15) is 0 Å². The summed E-state index contributed by atoms with van der Waals surface area (Å²) >= 11 is 0. The summed E-state index contributed by atoms with van der Waals surface area (Å²) in [6.07, 6.45) is 11.2. The minimum atomic E-state index is 0.355. The topological polar surface area (TPSA) is 61.5 Å². The molecular formula is C24H22N4O2. The third-order valence-electron chi connectivity index (χ3n) is 5.28. The highest BCUT2D eigenvalue weighted by molar-refractivity contribution is 5.86. The molecule has 1 aromatic carbocycles. The number of hydrogen-bond acceptors (Lipinski definition) is 5. The van der Waals surface area contributed by atoms with Crippen LogP contribution >= 0.6 is 0 Å². The molecule has 0 N–H and O–H groups in total. The molecule has 0 amide bonds. The molecule has 150 valence electrons. The van der Waals surface area contributed by atoms with Gasteiger partial charge in [0.05, 0.1) is 24.5 Å². The summed E-state index contributed by atoms with van der Waals surface area (Å²) in [5, 5.41) is 5.75. The quantitative estimate of drug-likeness (QED) is 0.481. The first kappa shape index (κ1) is 18.4. The van der Waals surface area contributed by atoms with E-state index in [2.05, 4.69) is 35.1 Å². The van der Waals surface area contributed by atoms with Crippen molar-refractivity contribution in [2.45, 2.75) is 20.0 Å². The van der Waals surface area contributed by atoms with Crippen LogP contribution < -0.4 is 9.47 Å². The molecule has 0 bridgehead atoms. The van der Waals surface area contributed by atoms with Crippen LogP contribution in [0.4, 0.5) is 0 Å². The highest BCUT2D eigenvalue weighted by Gasteiger charge is 2.12. The van der Waals surface area contributed by atoms with Gasteiger partial charge in [-0.15, -0.1) is 0 Å². The maximum atomic E-state index is 6.14. The van der Waals surface area contributed by atoms with Crippen LogP contribution in [0.25, 0.3) is 22.1 Å². The number of pyridine rings is 1. The number of fused-ring (bicyclic) bond motifs is 2. The molecule has 1 aliphatic rings. The lowest BCUT2D eigenvalue weighted by Crippen LogP contribution is -2.05. The molecule has 6 nitrogen and oxygen atoms in total. The van der Waals surface area contributed by atoms with Crippen molar-refractivity contribution in [1.82, 2.24) is 19.6 Å². The molecule has 3 aromatic heterocycles. The number of imidazole rings is 1. The number of rotatable bonds is 5. The van der Waals surface area contributed by atoms with Gasteiger partial charge in [0, 0.05) is 17.6 Å². The molecular weight excluding hydrogens is 376 g/mol. The highest BCUT2D eigenvalue weighted by Crippen LogP contribution is 2.28. The van der Waals surface area contributed by atoms with E-state index in [1.165, 1.54) is 0 Å². The second-order valence-corrected chi connectivity index (χ2v) is 7.46. The fourth-order valence-corrected chi connectivity index (χ4v) is 3.69. The van der Waals surface area contributed by atoms with E-state index in [0.717, 1.165) is 51.4 Å². The van der Waals surface area contributed by atoms with Crippen molar-refractivity contribution in [1.29, 1.82) is 0 Å². The number of ether oxygens (including phenoxy) is 2. The molecule has 3 heterocycles. The van der Waals surface area contributed by atoms with E-state index in [0.29, 0.717) is 12.5 Å². The Morgan fingerprint density at radius 1 is 1.13 bits per heavy atom. The van der Waals surface area contributed by atoms with Crippen molar-refractivity contribution in [3.8, 4) is 11.5 Å². The van der Waals surface area contributed by atoms with Gasteiger partial charge in [0.1, 0.15) is 23.8 Å². The molecule has 1 unspecified atom stereocenters. The zero-order valence-corrected chi connectivity index (χ0v) is 16.9. The minimum Gasteiger partial charge on any atom is -0.497 e. The van der Waals surface area contributed by atoms with Gasteiger partial charge in [-0.3, -0.25) is 4.98 Å². The summed E-state index contributed by atoms with van der Waals surface area (Å²) in [7, 11) is 1.65. The Morgan fingerprint density at radius 3 is 2.93 bits per heavy atom. The van der Waals surface area contributed by atoms with Crippen LogP contribution in [0.5, 0.6) is 11.5 Å². The Labute approximate surface area is 174 Å². The largest absolute Gasteiger partial charge is 0.497 e. The van der Waals surface area contributed by atoms with Gasteiger partial charge in [0.2, 0.25) is 0 Å². The van der Waals surface area contributed by atoms with Gasteiger partial charge in [-0.05, 0) is 48.2 Å². The molecule has 0 aliphatic heterocycles. The molecule has 0 fully saturated rings. The van der Waals surface area contributed by atoms with Gasteiger partial charge in [-0.25, -0.2) is 9.50 Å². The van der Waals surface area contributed by atoms with Crippen molar-refractivity contribution in [2.24, 2.45) is 5.92 Å². The molecule has 6 heteroatoms. The maximum Gasteiger partial charge on any atom is 0.153 e. The van der Waals surface area contributed by atoms with Gasteiger partial charge in [-0.1, -0.05) is 25.2 Å². The van der Waals surface area contributed by atoms with Crippen LogP contribution in [0.3, 0.4) is 0 Å². The normalized spacial score (nSPS) is 16.1. The van der Waals surface area contributed by atoms with Crippen LogP contribution in [0.2, 0.25) is 0 Å². The lowest BCUT2D eigenvalue weighted by atomic mass is 9.96. The number of benzene rings is 1. The first-order valence-electron chi connectivity index (χ1n) is 9.99. The average molecular weight is 398 g/mol. The zero-order valence-electron chi connectivity index (χ0n) is 16.9.